The molecule has 0 aliphatic heterocycles. The Morgan fingerprint density at radius 1 is 1.42 bits per heavy atom. The number of ether oxygens (including phenoxy) is 1. The van der Waals surface area contributed by atoms with E-state index in [1.807, 2.05) is 26.1 Å². The van der Waals surface area contributed by atoms with Crippen LogP contribution in [-0.2, 0) is 4.74 Å². The molecule has 0 aliphatic rings. The van der Waals surface area contributed by atoms with Crippen molar-refractivity contribution in [2.45, 2.75) is 19.8 Å². The molecule has 0 aromatic carbocycles. The van der Waals surface area contributed by atoms with Gasteiger partial charge < -0.3 is 15.4 Å². The van der Waals surface area contributed by atoms with E-state index < -0.39 is 0 Å². The van der Waals surface area contributed by atoms with Crippen LogP contribution in [-0.4, -0.2) is 50.1 Å². The lowest BCUT2D eigenvalue weighted by Crippen LogP contribution is -2.20. The first-order valence-corrected chi connectivity index (χ1v) is 8.81. The molecule has 0 aliphatic carbocycles. The fourth-order valence-electron chi connectivity index (χ4n) is 1.84. The van der Waals surface area contributed by atoms with E-state index in [1.54, 1.807) is 18.7 Å². The Morgan fingerprint density at radius 2 is 2.17 bits per heavy atom. The Morgan fingerprint density at radius 3 is 2.75 bits per heavy atom. The van der Waals surface area contributed by atoms with Gasteiger partial charge in [-0.3, -0.25) is 4.79 Å². The van der Waals surface area contributed by atoms with Gasteiger partial charge in [-0.25, -0.2) is 9.97 Å². The molecule has 0 fully saturated rings. The molecule has 2 rings (SSSR count). The van der Waals surface area contributed by atoms with Gasteiger partial charge in [0, 0.05) is 44.4 Å². The number of nitrogens with two attached hydrogens (primary N) is 1. The second kappa shape index (κ2) is 11.7. The summed E-state index contributed by atoms with van der Waals surface area (Å²) in [4.78, 5) is 21.4. The summed E-state index contributed by atoms with van der Waals surface area (Å²) >= 11 is 1.46. The molecule has 6 nitrogen and oxygen atoms in total. The lowest BCUT2D eigenvalue weighted by atomic mass is 10.2. The number of anilines is 1. The molecular formula is C17H26N4O2S. The molecule has 0 spiro atoms. The highest BCUT2D eigenvalue weighted by atomic mass is 32.1. The van der Waals surface area contributed by atoms with Gasteiger partial charge in [0.1, 0.15) is 16.5 Å². The zero-order chi connectivity index (χ0) is 17.8. The largest absolute Gasteiger partial charge is 0.385 e. The van der Waals surface area contributed by atoms with Crippen molar-refractivity contribution in [1.82, 2.24) is 9.97 Å². The summed E-state index contributed by atoms with van der Waals surface area (Å²) in [6, 6.07) is 3.90. The van der Waals surface area contributed by atoms with Gasteiger partial charge in [-0.05, 0) is 38.4 Å². The molecule has 2 heterocycles. The third kappa shape index (κ3) is 6.74. The standard InChI is InChI=1S/C14H18N4OS.C3H8O/c1-18(7-3-2-5-15)13-8-11(4-6-16-13)14-17-12(9-19)10-20-14;1-3-4-2/h4,6,8-10H,2-3,5,7,15H2,1H3;3H2,1-2H3. The van der Waals surface area contributed by atoms with Gasteiger partial charge >= 0.3 is 0 Å². The third-order valence-electron chi connectivity index (χ3n) is 3.26. The highest BCUT2D eigenvalue weighted by Gasteiger charge is 2.08. The Hall–Kier alpha value is -1.83. The lowest BCUT2D eigenvalue weighted by Gasteiger charge is -2.18. The molecule has 0 radical (unpaired) electrons. The second-order valence-corrected chi connectivity index (χ2v) is 5.95. The number of methoxy groups -OCH3 is 1. The molecule has 7 heteroatoms. The molecule has 0 bridgehead atoms. The smallest absolute Gasteiger partial charge is 0.169 e. The highest BCUT2D eigenvalue weighted by molar-refractivity contribution is 7.13. The van der Waals surface area contributed by atoms with E-state index in [1.165, 1.54) is 11.3 Å². The van der Waals surface area contributed by atoms with Crippen LogP contribution in [0.15, 0.2) is 23.7 Å². The van der Waals surface area contributed by atoms with E-state index in [-0.39, 0.29) is 0 Å². The van der Waals surface area contributed by atoms with Crippen molar-refractivity contribution in [2.75, 3.05) is 38.8 Å². The molecule has 0 unspecified atom stereocenters. The zero-order valence-corrected chi connectivity index (χ0v) is 15.4. The van der Waals surface area contributed by atoms with E-state index in [9.17, 15) is 4.79 Å². The maximum atomic E-state index is 10.7. The first-order valence-electron chi connectivity index (χ1n) is 7.93. The van der Waals surface area contributed by atoms with Crippen LogP contribution in [0, 0.1) is 0 Å². The Labute approximate surface area is 147 Å². The van der Waals surface area contributed by atoms with Crippen molar-refractivity contribution >= 4 is 23.4 Å². The van der Waals surface area contributed by atoms with Crippen LogP contribution in [0.2, 0.25) is 0 Å². The summed E-state index contributed by atoms with van der Waals surface area (Å²) in [5, 5.41) is 2.60. The fraction of sp³-hybridized carbons (Fsp3) is 0.471. The number of hydrogen-bond donors (Lipinski definition) is 1. The van der Waals surface area contributed by atoms with Crippen LogP contribution in [0.5, 0.6) is 0 Å². The highest BCUT2D eigenvalue weighted by Crippen LogP contribution is 2.25. The zero-order valence-electron chi connectivity index (χ0n) is 14.6. The number of carbonyl (C=O) groups is 1. The molecule has 0 atom stereocenters. The number of hydrogen-bond acceptors (Lipinski definition) is 7. The minimum atomic E-state index is 0.472. The SMILES string of the molecule is CCOC.CN(CCCCN)c1cc(-c2nc(C=O)cs2)ccn1. The van der Waals surface area contributed by atoms with Gasteiger partial charge in [0.2, 0.25) is 0 Å². The van der Waals surface area contributed by atoms with Gasteiger partial charge in [0.15, 0.2) is 6.29 Å². The van der Waals surface area contributed by atoms with Crippen LogP contribution in [0.25, 0.3) is 10.6 Å². The van der Waals surface area contributed by atoms with E-state index in [2.05, 4.69) is 19.6 Å². The number of unbranched alkanes of at least 4 members (excludes halogenated alkanes) is 1. The summed E-state index contributed by atoms with van der Waals surface area (Å²) in [5.74, 6) is 0.905. The van der Waals surface area contributed by atoms with E-state index >= 15 is 0 Å². The van der Waals surface area contributed by atoms with Crippen LogP contribution in [0.1, 0.15) is 30.3 Å². The number of carbonyl (C=O) groups excluding carboxylic acids is 1. The summed E-state index contributed by atoms with van der Waals surface area (Å²) in [5.41, 5.74) is 6.96. The quantitative estimate of drug-likeness (QED) is 0.582. The lowest BCUT2D eigenvalue weighted by molar-refractivity contribution is 0.111. The average Bonchev–Trinajstić information content (AvgIpc) is 3.11. The number of thiazole rings is 1. The van der Waals surface area contributed by atoms with Crippen molar-refractivity contribution in [2.24, 2.45) is 5.73 Å². The van der Waals surface area contributed by atoms with Crippen LogP contribution in [0.3, 0.4) is 0 Å². The summed E-state index contributed by atoms with van der Waals surface area (Å²) in [6.45, 7) is 4.42. The summed E-state index contributed by atoms with van der Waals surface area (Å²) < 4.78 is 4.54. The summed E-state index contributed by atoms with van der Waals surface area (Å²) in [6.07, 6.45) is 4.60. The molecule has 2 N–H and O–H groups in total. The predicted octanol–water partition coefficient (Wildman–Crippen LogP) is 2.85. The number of aldehydes is 1. The van der Waals surface area contributed by atoms with Crippen molar-refractivity contribution < 1.29 is 9.53 Å². The topological polar surface area (TPSA) is 81.3 Å². The predicted molar refractivity (Wildman–Crippen MR) is 99.8 cm³/mol. The average molecular weight is 350 g/mol. The van der Waals surface area contributed by atoms with E-state index in [0.717, 1.165) is 55.2 Å². The van der Waals surface area contributed by atoms with Gasteiger partial charge in [0.25, 0.3) is 0 Å². The monoisotopic (exact) mass is 350 g/mol. The number of rotatable bonds is 8. The number of nitrogens with zero attached hydrogens (tertiary/aromatic N) is 3. The van der Waals surface area contributed by atoms with Crippen LogP contribution < -0.4 is 10.6 Å². The van der Waals surface area contributed by atoms with Gasteiger partial charge in [-0.15, -0.1) is 11.3 Å². The third-order valence-corrected chi connectivity index (χ3v) is 4.17. The van der Waals surface area contributed by atoms with Gasteiger partial charge in [-0.1, -0.05) is 0 Å². The second-order valence-electron chi connectivity index (χ2n) is 5.09. The van der Waals surface area contributed by atoms with E-state index in [4.69, 9.17) is 5.73 Å². The molecule has 2 aromatic rings. The normalized spacial score (nSPS) is 10.0. The first-order chi connectivity index (χ1) is 11.7. The Bertz CT molecular complexity index is 602. The first kappa shape index (κ1) is 20.2. The number of pyridine rings is 1. The molecule has 0 saturated carbocycles. The molecule has 24 heavy (non-hydrogen) atoms. The Kier molecular flexibility index (Phi) is 9.83. The van der Waals surface area contributed by atoms with Gasteiger partial charge in [-0.2, -0.15) is 0 Å². The van der Waals surface area contributed by atoms with E-state index in [0.29, 0.717) is 5.69 Å². The van der Waals surface area contributed by atoms with Crippen LogP contribution in [0.4, 0.5) is 5.82 Å². The van der Waals surface area contributed by atoms with Crippen molar-refractivity contribution in [1.29, 1.82) is 0 Å². The molecule has 0 amide bonds. The minimum absolute atomic E-state index is 0.472. The van der Waals surface area contributed by atoms with Gasteiger partial charge in [0.05, 0.1) is 0 Å². The Balaban J connectivity index is 0.000000648. The van der Waals surface area contributed by atoms with Crippen molar-refractivity contribution in [3.8, 4) is 10.6 Å². The fourth-order valence-corrected chi connectivity index (χ4v) is 2.60. The maximum Gasteiger partial charge on any atom is 0.169 e. The van der Waals surface area contributed by atoms with Crippen molar-refractivity contribution in [3.05, 3.63) is 29.4 Å². The molecule has 0 saturated heterocycles. The van der Waals surface area contributed by atoms with Crippen molar-refractivity contribution in [3.63, 3.8) is 0 Å². The molecule has 132 valence electrons. The molecule has 2 aromatic heterocycles. The number of aromatic nitrogens is 2. The van der Waals surface area contributed by atoms with Crippen LogP contribution >= 0.6 is 11.3 Å². The maximum absolute atomic E-state index is 10.7. The molecular weight excluding hydrogens is 324 g/mol. The summed E-state index contributed by atoms with van der Waals surface area (Å²) in [7, 11) is 3.70. The minimum Gasteiger partial charge on any atom is -0.385 e.